The lowest BCUT2D eigenvalue weighted by Crippen LogP contribution is -2.28. The molecule has 0 N–H and O–H groups in total. The van der Waals surface area contributed by atoms with Gasteiger partial charge < -0.3 is 13.5 Å². The summed E-state index contributed by atoms with van der Waals surface area (Å²) in [5.74, 6) is -0.264. The topological polar surface area (TPSA) is 57.5 Å². The molecule has 2 rings (SSSR count). The predicted molar refractivity (Wildman–Crippen MR) is 77.2 cm³/mol. The maximum Gasteiger partial charge on any atom is 0.343 e. The summed E-state index contributed by atoms with van der Waals surface area (Å²) in [4.78, 5) is 23.7. The first-order valence-corrected chi connectivity index (χ1v) is 8.61. The van der Waals surface area contributed by atoms with Crippen LogP contribution in [0.25, 0.3) is 0 Å². The van der Waals surface area contributed by atoms with Gasteiger partial charge in [-0.15, -0.1) is 0 Å². The largest absolute Gasteiger partial charge is 0.465 e. The number of hydrogen-bond acceptors (Lipinski definition) is 5. The quantitative estimate of drug-likeness (QED) is 0.456. The van der Waals surface area contributed by atoms with Gasteiger partial charge in [0.25, 0.3) is 5.56 Å². The van der Waals surface area contributed by atoms with Crippen LogP contribution in [-0.4, -0.2) is 17.6 Å². The normalized spacial score (nSPS) is 16.2. The van der Waals surface area contributed by atoms with Gasteiger partial charge in [0.05, 0.1) is 7.11 Å². The fourth-order valence-corrected chi connectivity index (χ4v) is 2.51. The Labute approximate surface area is 121 Å². The third-order valence-electron chi connectivity index (χ3n) is 3.10. The SMILES string of the molecule is COC(=O)c1cn(C2(C)CC2)c(=O)cc1OSI. The maximum absolute atomic E-state index is 12.0. The monoisotopic (exact) mass is 381 g/mol. The van der Waals surface area contributed by atoms with Gasteiger partial charge in [-0.2, -0.15) is 0 Å². The summed E-state index contributed by atoms with van der Waals surface area (Å²) < 4.78 is 11.5. The average molecular weight is 381 g/mol. The van der Waals surface area contributed by atoms with Crippen LogP contribution in [0, 0.1) is 0 Å². The molecule has 1 aromatic rings. The minimum atomic E-state index is -0.506. The second-order valence-electron chi connectivity index (χ2n) is 4.39. The van der Waals surface area contributed by atoms with Crippen molar-refractivity contribution in [3.05, 3.63) is 28.2 Å². The number of carbonyl (C=O) groups is 1. The Hall–Kier alpha value is -0.700. The van der Waals surface area contributed by atoms with Crippen molar-refractivity contribution in [2.24, 2.45) is 0 Å². The molecule has 0 spiro atoms. The van der Waals surface area contributed by atoms with E-state index in [0.29, 0.717) is 0 Å². The first kappa shape index (κ1) is 13.7. The van der Waals surface area contributed by atoms with Gasteiger partial charge in [0.1, 0.15) is 14.8 Å². The summed E-state index contributed by atoms with van der Waals surface area (Å²) in [6.07, 6.45) is 3.41. The third-order valence-corrected chi connectivity index (χ3v) is 3.88. The van der Waals surface area contributed by atoms with Gasteiger partial charge in [-0.3, -0.25) is 4.79 Å². The smallest absolute Gasteiger partial charge is 0.343 e. The lowest BCUT2D eigenvalue weighted by molar-refractivity contribution is 0.0597. The Bertz CT molecular complexity index is 538. The van der Waals surface area contributed by atoms with Crippen molar-refractivity contribution in [1.29, 1.82) is 0 Å². The first-order valence-electron chi connectivity index (χ1n) is 5.32. The molecule has 0 unspecified atom stereocenters. The van der Waals surface area contributed by atoms with Gasteiger partial charge in [0.2, 0.25) is 0 Å². The summed E-state index contributed by atoms with van der Waals surface area (Å²) in [6.45, 7) is 1.99. The molecule has 0 radical (unpaired) electrons. The number of nitrogens with zero attached hydrogens (tertiary/aromatic N) is 1. The number of esters is 1. The number of aromatic nitrogens is 1. The Morgan fingerprint density at radius 1 is 1.56 bits per heavy atom. The highest BCUT2D eigenvalue weighted by molar-refractivity contribution is 14.2. The number of pyridine rings is 1. The van der Waals surface area contributed by atoms with E-state index in [1.54, 1.807) is 4.57 Å². The summed E-state index contributed by atoms with van der Waals surface area (Å²) in [5, 5.41) is 0. The van der Waals surface area contributed by atoms with Crippen LogP contribution in [0.2, 0.25) is 0 Å². The first-order chi connectivity index (χ1) is 8.51. The molecular formula is C11H12INO4S. The molecule has 1 aliphatic rings. The number of carbonyl (C=O) groups excluding carboxylic acids is 1. The lowest BCUT2D eigenvalue weighted by atomic mass is 10.2. The third kappa shape index (κ3) is 2.51. The molecule has 5 nitrogen and oxygen atoms in total. The van der Waals surface area contributed by atoms with Crippen LogP contribution in [0.5, 0.6) is 5.75 Å². The Kier molecular flexibility index (Phi) is 3.90. The van der Waals surface area contributed by atoms with E-state index in [1.165, 1.54) is 19.4 Å². The van der Waals surface area contributed by atoms with E-state index >= 15 is 0 Å². The lowest BCUT2D eigenvalue weighted by Gasteiger charge is -2.15. The number of halogens is 1. The molecule has 98 valence electrons. The summed E-state index contributed by atoms with van der Waals surface area (Å²) in [7, 11) is 2.35. The summed E-state index contributed by atoms with van der Waals surface area (Å²) in [6, 6.07) is 1.33. The fourth-order valence-electron chi connectivity index (χ4n) is 1.73. The molecule has 0 aliphatic heterocycles. The van der Waals surface area contributed by atoms with Crippen LogP contribution in [0.1, 0.15) is 30.1 Å². The molecule has 0 amide bonds. The molecule has 1 aromatic heterocycles. The van der Waals surface area contributed by atoms with Crippen LogP contribution in [0.4, 0.5) is 0 Å². The predicted octanol–water partition coefficient (Wildman–Crippen LogP) is 2.52. The zero-order valence-corrected chi connectivity index (χ0v) is 12.9. The molecule has 0 bridgehead atoms. The highest BCUT2D eigenvalue weighted by atomic mass is 127. The van der Waals surface area contributed by atoms with Crippen LogP contribution in [0.3, 0.4) is 0 Å². The van der Waals surface area contributed by atoms with Crippen molar-refractivity contribution in [3.63, 3.8) is 0 Å². The van der Waals surface area contributed by atoms with Crippen LogP contribution in [0.15, 0.2) is 17.1 Å². The van der Waals surface area contributed by atoms with E-state index < -0.39 is 5.97 Å². The number of rotatable bonds is 4. The second kappa shape index (κ2) is 5.12. The molecule has 0 atom stereocenters. The van der Waals surface area contributed by atoms with Crippen molar-refractivity contribution >= 4 is 36.4 Å². The Morgan fingerprint density at radius 3 is 2.72 bits per heavy atom. The number of methoxy groups -OCH3 is 1. The van der Waals surface area contributed by atoms with Gasteiger partial charge >= 0.3 is 5.97 Å². The summed E-state index contributed by atoms with van der Waals surface area (Å²) in [5.41, 5.74) is -0.0620. The second-order valence-corrected chi connectivity index (χ2v) is 5.77. The minimum absolute atomic E-state index is 0.164. The van der Waals surface area contributed by atoms with Crippen molar-refractivity contribution in [2.45, 2.75) is 25.3 Å². The number of ether oxygens (including phenoxy) is 1. The van der Waals surface area contributed by atoms with Crippen LogP contribution < -0.4 is 9.74 Å². The molecule has 1 saturated carbocycles. The van der Waals surface area contributed by atoms with Crippen molar-refractivity contribution in [2.75, 3.05) is 7.11 Å². The fraction of sp³-hybridized carbons (Fsp3) is 0.455. The van der Waals surface area contributed by atoms with Gasteiger partial charge in [0, 0.05) is 39.0 Å². The highest BCUT2D eigenvalue weighted by Crippen LogP contribution is 2.42. The Morgan fingerprint density at radius 2 is 2.22 bits per heavy atom. The molecule has 1 heterocycles. The average Bonchev–Trinajstić information content (AvgIpc) is 3.08. The minimum Gasteiger partial charge on any atom is -0.465 e. The number of hydrogen-bond donors (Lipinski definition) is 0. The van der Waals surface area contributed by atoms with E-state index in [4.69, 9.17) is 8.92 Å². The summed E-state index contributed by atoms with van der Waals surface area (Å²) >= 11 is 1.93. The maximum atomic E-state index is 12.0. The van der Waals surface area contributed by atoms with Crippen molar-refractivity contribution in [3.8, 4) is 5.75 Å². The van der Waals surface area contributed by atoms with E-state index in [1.807, 2.05) is 28.1 Å². The molecule has 7 heteroatoms. The highest BCUT2D eigenvalue weighted by Gasteiger charge is 2.40. The van der Waals surface area contributed by atoms with Crippen LogP contribution in [-0.2, 0) is 10.3 Å². The Balaban J connectivity index is 2.53. The van der Waals surface area contributed by atoms with Gasteiger partial charge in [-0.1, -0.05) is 0 Å². The van der Waals surface area contributed by atoms with Gasteiger partial charge in [-0.05, 0) is 19.8 Å². The van der Waals surface area contributed by atoms with E-state index in [2.05, 4.69) is 0 Å². The standard InChI is InChI=1S/C11H12INO4S/c1-11(3-4-11)13-6-7(10(15)16-2)8(17-18-12)5-9(13)14/h5-6H,3-4H2,1-2H3. The van der Waals surface area contributed by atoms with Gasteiger partial charge in [0.15, 0.2) is 5.75 Å². The molecule has 0 saturated heterocycles. The zero-order valence-electron chi connectivity index (χ0n) is 9.94. The van der Waals surface area contributed by atoms with Crippen LogP contribution >= 0.6 is 30.4 Å². The zero-order chi connectivity index (χ0) is 13.3. The molecule has 1 aliphatic carbocycles. The van der Waals surface area contributed by atoms with E-state index in [9.17, 15) is 9.59 Å². The molecule has 1 fully saturated rings. The molecule has 0 aromatic carbocycles. The molecule has 18 heavy (non-hydrogen) atoms. The van der Waals surface area contributed by atoms with Crippen molar-refractivity contribution < 1.29 is 13.7 Å². The van der Waals surface area contributed by atoms with E-state index in [0.717, 1.165) is 22.1 Å². The van der Waals surface area contributed by atoms with Gasteiger partial charge in [-0.25, -0.2) is 4.79 Å². The van der Waals surface area contributed by atoms with E-state index in [-0.39, 0.29) is 22.4 Å². The molecular weight excluding hydrogens is 369 g/mol. The van der Waals surface area contributed by atoms with Crippen molar-refractivity contribution in [1.82, 2.24) is 4.57 Å².